The molecule has 1 heterocycles. The molecule has 30 heavy (non-hydrogen) atoms. The molecule has 0 unspecified atom stereocenters. The molecule has 0 aliphatic heterocycles. The SMILES string of the molecule is COc1cc(C(=O)O)c(F)cc1NS(=O)(=O)c1csc(C#Cc2ccc(Cl)cc2)n1. The first-order valence-electron chi connectivity index (χ1n) is 8.06. The van der Waals surface area contributed by atoms with Gasteiger partial charge in [0.25, 0.3) is 10.0 Å². The highest BCUT2D eigenvalue weighted by Crippen LogP contribution is 2.30. The molecule has 0 radical (unpaired) electrons. The summed E-state index contributed by atoms with van der Waals surface area (Å²) in [7, 11) is -3.00. The monoisotopic (exact) mass is 466 g/mol. The molecule has 0 aliphatic rings. The highest BCUT2D eigenvalue weighted by atomic mass is 35.5. The van der Waals surface area contributed by atoms with Crippen LogP contribution in [0.3, 0.4) is 0 Å². The van der Waals surface area contributed by atoms with Gasteiger partial charge in [-0.25, -0.2) is 14.2 Å². The van der Waals surface area contributed by atoms with Gasteiger partial charge in [0.2, 0.25) is 0 Å². The van der Waals surface area contributed by atoms with Gasteiger partial charge in [-0.3, -0.25) is 4.72 Å². The zero-order valence-corrected chi connectivity index (χ0v) is 17.5. The molecule has 1 aromatic heterocycles. The van der Waals surface area contributed by atoms with Crippen molar-refractivity contribution in [1.29, 1.82) is 0 Å². The number of benzene rings is 2. The van der Waals surface area contributed by atoms with Gasteiger partial charge >= 0.3 is 5.97 Å². The van der Waals surface area contributed by atoms with Gasteiger partial charge in [-0.2, -0.15) is 8.42 Å². The number of ether oxygens (including phenoxy) is 1. The molecule has 2 aromatic carbocycles. The summed E-state index contributed by atoms with van der Waals surface area (Å²) in [5.41, 5.74) is -0.235. The number of anilines is 1. The van der Waals surface area contributed by atoms with E-state index in [4.69, 9.17) is 21.4 Å². The van der Waals surface area contributed by atoms with Crippen LogP contribution < -0.4 is 9.46 Å². The summed E-state index contributed by atoms with van der Waals surface area (Å²) in [5.74, 6) is 2.82. The van der Waals surface area contributed by atoms with Crippen LogP contribution in [0.1, 0.15) is 20.9 Å². The van der Waals surface area contributed by atoms with Crippen molar-refractivity contribution in [3.05, 3.63) is 68.8 Å². The Hall–Kier alpha value is -3.13. The van der Waals surface area contributed by atoms with Crippen LogP contribution in [-0.2, 0) is 10.0 Å². The molecule has 0 amide bonds. The standard InChI is InChI=1S/C19H12ClFN2O5S2/c1-28-16-8-13(19(24)25)14(21)9-15(16)23-30(26,27)18-10-29-17(22-18)7-4-11-2-5-12(20)6-3-11/h2-3,5-6,8-10,23H,1H3,(H,24,25). The van der Waals surface area contributed by atoms with E-state index in [9.17, 15) is 17.6 Å². The molecule has 7 nitrogen and oxygen atoms in total. The lowest BCUT2D eigenvalue weighted by Crippen LogP contribution is -2.15. The fourth-order valence-electron chi connectivity index (χ4n) is 2.26. The van der Waals surface area contributed by atoms with Crippen LogP contribution in [0.15, 0.2) is 46.8 Å². The maximum atomic E-state index is 14.0. The molecule has 0 bridgehead atoms. The lowest BCUT2D eigenvalue weighted by Gasteiger charge is -2.12. The summed E-state index contributed by atoms with van der Waals surface area (Å²) >= 11 is 6.83. The van der Waals surface area contributed by atoms with Gasteiger partial charge in [-0.15, -0.1) is 11.3 Å². The van der Waals surface area contributed by atoms with E-state index in [1.54, 1.807) is 24.3 Å². The van der Waals surface area contributed by atoms with E-state index in [2.05, 4.69) is 21.5 Å². The van der Waals surface area contributed by atoms with Gasteiger partial charge in [-0.1, -0.05) is 17.5 Å². The van der Waals surface area contributed by atoms with E-state index in [0.717, 1.165) is 23.5 Å². The van der Waals surface area contributed by atoms with E-state index in [1.165, 1.54) is 12.5 Å². The second-order valence-corrected chi connectivity index (χ2v) is 8.61. The average Bonchev–Trinajstić information content (AvgIpc) is 3.17. The highest BCUT2D eigenvalue weighted by Gasteiger charge is 2.22. The second kappa shape index (κ2) is 8.71. The molecule has 154 valence electrons. The minimum atomic E-state index is -4.19. The fourth-order valence-corrected chi connectivity index (χ4v) is 4.39. The molecule has 0 fully saturated rings. The van der Waals surface area contributed by atoms with Crippen molar-refractivity contribution in [3.63, 3.8) is 0 Å². The first-order valence-corrected chi connectivity index (χ1v) is 10.8. The Morgan fingerprint density at radius 2 is 1.97 bits per heavy atom. The Morgan fingerprint density at radius 1 is 1.27 bits per heavy atom. The number of carboxylic acid groups (broad SMARTS) is 1. The quantitative estimate of drug-likeness (QED) is 0.553. The van der Waals surface area contributed by atoms with Crippen LogP contribution >= 0.6 is 22.9 Å². The maximum absolute atomic E-state index is 14.0. The van der Waals surface area contributed by atoms with E-state index in [-0.39, 0.29) is 21.5 Å². The van der Waals surface area contributed by atoms with Gasteiger partial charge in [0, 0.05) is 22.0 Å². The van der Waals surface area contributed by atoms with Crippen molar-refractivity contribution >= 4 is 44.6 Å². The number of carboxylic acids is 1. The van der Waals surface area contributed by atoms with Crippen LogP contribution in [0, 0.1) is 17.7 Å². The molecule has 0 saturated heterocycles. The summed E-state index contributed by atoms with van der Waals surface area (Å²) < 4.78 is 46.3. The Kier molecular flexibility index (Phi) is 6.26. The van der Waals surface area contributed by atoms with Crippen LogP contribution in [0.2, 0.25) is 5.02 Å². The lowest BCUT2D eigenvalue weighted by atomic mass is 10.2. The Balaban J connectivity index is 1.86. The number of aromatic nitrogens is 1. The number of hydrogen-bond donors (Lipinski definition) is 2. The Morgan fingerprint density at radius 3 is 2.60 bits per heavy atom. The molecule has 0 aliphatic carbocycles. The number of thiazole rings is 1. The normalized spacial score (nSPS) is 10.8. The first kappa shape index (κ1) is 21.6. The molecule has 3 rings (SSSR count). The minimum absolute atomic E-state index is 0.157. The third kappa shape index (κ3) is 4.88. The summed E-state index contributed by atoms with van der Waals surface area (Å²) in [6, 6.07) is 8.39. The Bertz CT molecular complexity index is 1280. The number of nitrogens with zero attached hydrogens (tertiary/aromatic N) is 1. The molecule has 0 saturated carbocycles. The Labute approximate surface area is 180 Å². The van der Waals surface area contributed by atoms with Crippen molar-refractivity contribution in [2.24, 2.45) is 0 Å². The number of methoxy groups -OCH3 is 1. The van der Waals surface area contributed by atoms with Gasteiger partial charge < -0.3 is 9.84 Å². The van der Waals surface area contributed by atoms with Crippen molar-refractivity contribution in [1.82, 2.24) is 4.98 Å². The van der Waals surface area contributed by atoms with E-state index < -0.39 is 27.4 Å². The topological polar surface area (TPSA) is 106 Å². The number of rotatable bonds is 5. The number of nitrogens with one attached hydrogen (secondary N) is 1. The van der Waals surface area contributed by atoms with Gasteiger partial charge in [-0.05, 0) is 36.3 Å². The smallest absolute Gasteiger partial charge is 0.338 e. The zero-order chi connectivity index (χ0) is 21.9. The number of hydrogen-bond acceptors (Lipinski definition) is 6. The molecule has 0 spiro atoms. The highest BCUT2D eigenvalue weighted by molar-refractivity contribution is 7.92. The summed E-state index contributed by atoms with van der Waals surface area (Å²) in [5, 5.41) is 10.8. The molecule has 3 aromatic rings. The number of halogens is 2. The van der Waals surface area contributed by atoms with Crippen molar-refractivity contribution in [2.45, 2.75) is 5.03 Å². The van der Waals surface area contributed by atoms with E-state index in [0.29, 0.717) is 10.6 Å². The van der Waals surface area contributed by atoms with Crippen molar-refractivity contribution in [2.75, 3.05) is 11.8 Å². The molecule has 2 N–H and O–H groups in total. The predicted octanol–water partition coefficient (Wildman–Crippen LogP) is 3.84. The van der Waals surface area contributed by atoms with Crippen LogP contribution in [-0.4, -0.2) is 31.6 Å². The van der Waals surface area contributed by atoms with Crippen molar-refractivity contribution < 1.29 is 27.4 Å². The molecule has 11 heteroatoms. The summed E-state index contributed by atoms with van der Waals surface area (Å²) in [6.07, 6.45) is 0. The van der Waals surface area contributed by atoms with Gasteiger partial charge in [0.15, 0.2) is 10.0 Å². The number of carbonyl (C=O) groups is 1. The molecular weight excluding hydrogens is 455 g/mol. The van der Waals surface area contributed by atoms with Crippen LogP contribution in [0.25, 0.3) is 0 Å². The third-order valence-corrected chi connectivity index (χ3v) is 6.09. The lowest BCUT2D eigenvalue weighted by molar-refractivity contribution is 0.0691. The summed E-state index contributed by atoms with van der Waals surface area (Å²) in [6.45, 7) is 0. The number of sulfonamides is 1. The second-order valence-electron chi connectivity index (χ2n) is 5.69. The predicted molar refractivity (Wildman–Crippen MR) is 110 cm³/mol. The first-order chi connectivity index (χ1) is 14.2. The van der Waals surface area contributed by atoms with Gasteiger partial charge in [0.1, 0.15) is 11.6 Å². The van der Waals surface area contributed by atoms with Crippen LogP contribution in [0.4, 0.5) is 10.1 Å². The third-order valence-electron chi connectivity index (χ3n) is 3.68. The number of aromatic carboxylic acids is 1. The largest absolute Gasteiger partial charge is 0.495 e. The van der Waals surface area contributed by atoms with E-state index >= 15 is 0 Å². The van der Waals surface area contributed by atoms with Crippen LogP contribution in [0.5, 0.6) is 5.75 Å². The molecular formula is C19H12ClFN2O5S2. The van der Waals surface area contributed by atoms with Gasteiger partial charge in [0.05, 0.1) is 18.4 Å². The molecule has 0 atom stereocenters. The van der Waals surface area contributed by atoms with Crippen molar-refractivity contribution in [3.8, 4) is 17.6 Å². The summed E-state index contributed by atoms with van der Waals surface area (Å²) in [4.78, 5) is 15.0. The minimum Gasteiger partial charge on any atom is -0.495 e. The fraction of sp³-hybridized carbons (Fsp3) is 0.0526. The average molecular weight is 467 g/mol. The maximum Gasteiger partial charge on any atom is 0.338 e. The van der Waals surface area contributed by atoms with E-state index in [1.807, 2.05) is 0 Å². The zero-order valence-electron chi connectivity index (χ0n) is 15.1.